The predicted molar refractivity (Wildman–Crippen MR) is 88.0 cm³/mol. The summed E-state index contributed by atoms with van der Waals surface area (Å²) in [7, 11) is 3.75. The van der Waals surface area contributed by atoms with Gasteiger partial charge in [0.05, 0.1) is 12.7 Å². The fourth-order valence-corrected chi connectivity index (χ4v) is 3.07. The van der Waals surface area contributed by atoms with E-state index in [0.717, 1.165) is 19.4 Å². The standard InChI is InChI=1S/C18H22FN3O2/c1-21(2)12-17(23)22-9-5-8-16(22)18-20-11-14(24-18)10-13-6-3-4-7-15(13)19/h3-4,6-7,11,16H,5,8-10,12H2,1-2H3/t16-/m1/s1. The Balaban J connectivity index is 1.72. The van der Waals surface area contributed by atoms with Crippen LogP contribution in [0.5, 0.6) is 0 Å². The number of oxazole rings is 1. The highest BCUT2D eigenvalue weighted by Crippen LogP contribution is 2.32. The van der Waals surface area contributed by atoms with Gasteiger partial charge in [0.25, 0.3) is 0 Å². The first-order chi connectivity index (χ1) is 11.5. The predicted octanol–water partition coefficient (Wildman–Crippen LogP) is 2.63. The van der Waals surface area contributed by atoms with Gasteiger partial charge in [0.15, 0.2) is 0 Å². The first-order valence-corrected chi connectivity index (χ1v) is 8.17. The van der Waals surface area contributed by atoms with Crippen molar-refractivity contribution in [1.82, 2.24) is 14.8 Å². The number of rotatable bonds is 5. The van der Waals surface area contributed by atoms with Crippen molar-refractivity contribution in [2.45, 2.75) is 25.3 Å². The molecule has 24 heavy (non-hydrogen) atoms. The number of nitrogens with zero attached hydrogens (tertiary/aromatic N) is 3. The zero-order valence-corrected chi connectivity index (χ0v) is 14.0. The average molecular weight is 331 g/mol. The molecule has 1 aliphatic heterocycles. The second-order valence-corrected chi connectivity index (χ2v) is 6.42. The van der Waals surface area contributed by atoms with Crippen molar-refractivity contribution in [3.05, 3.63) is 53.5 Å². The summed E-state index contributed by atoms with van der Waals surface area (Å²) in [5, 5.41) is 0. The molecule has 0 spiro atoms. The van der Waals surface area contributed by atoms with Gasteiger partial charge in [-0.05, 0) is 38.6 Å². The molecule has 0 bridgehead atoms. The van der Waals surface area contributed by atoms with E-state index < -0.39 is 0 Å². The maximum Gasteiger partial charge on any atom is 0.237 e. The van der Waals surface area contributed by atoms with E-state index in [1.54, 1.807) is 24.4 Å². The normalized spacial score (nSPS) is 17.7. The number of hydrogen-bond donors (Lipinski definition) is 0. The average Bonchev–Trinajstić information content (AvgIpc) is 3.17. The third-order valence-electron chi connectivity index (χ3n) is 4.20. The number of likely N-dealkylation sites (tertiary alicyclic amines) is 1. The molecule has 1 amide bonds. The van der Waals surface area contributed by atoms with Gasteiger partial charge >= 0.3 is 0 Å². The summed E-state index contributed by atoms with van der Waals surface area (Å²) < 4.78 is 19.6. The highest BCUT2D eigenvalue weighted by molar-refractivity contribution is 5.78. The smallest absolute Gasteiger partial charge is 0.237 e. The summed E-state index contributed by atoms with van der Waals surface area (Å²) in [6.07, 6.45) is 3.78. The number of carbonyl (C=O) groups excluding carboxylic acids is 1. The van der Waals surface area contributed by atoms with Crippen molar-refractivity contribution in [2.24, 2.45) is 0 Å². The van der Waals surface area contributed by atoms with Crippen LogP contribution < -0.4 is 0 Å². The lowest BCUT2D eigenvalue weighted by atomic mass is 10.1. The van der Waals surface area contributed by atoms with E-state index >= 15 is 0 Å². The van der Waals surface area contributed by atoms with Gasteiger partial charge in [-0.25, -0.2) is 9.37 Å². The van der Waals surface area contributed by atoms with E-state index in [4.69, 9.17) is 4.42 Å². The Hall–Kier alpha value is -2.21. The second-order valence-electron chi connectivity index (χ2n) is 6.42. The largest absolute Gasteiger partial charge is 0.443 e. The lowest BCUT2D eigenvalue weighted by Gasteiger charge is -2.23. The van der Waals surface area contributed by atoms with Gasteiger partial charge in [0.2, 0.25) is 11.8 Å². The SMILES string of the molecule is CN(C)CC(=O)N1CCC[C@@H]1c1ncc(Cc2ccccc2F)o1. The fourth-order valence-electron chi connectivity index (χ4n) is 3.07. The summed E-state index contributed by atoms with van der Waals surface area (Å²) in [5.41, 5.74) is 0.576. The van der Waals surface area contributed by atoms with Gasteiger partial charge in [0.1, 0.15) is 17.6 Å². The molecule has 1 aromatic heterocycles. The molecule has 2 aromatic rings. The lowest BCUT2D eigenvalue weighted by molar-refractivity contribution is -0.133. The minimum absolute atomic E-state index is 0.0800. The maximum atomic E-state index is 13.8. The van der Waals surface area contributed by atoms with E-state index in [0.29, 0.717) is 30.2 Å². The van der Waals surface area contributed by atoms with E-state index in [1.165, 1.54) is 6.07 Å². The Bertz CT molecular complexity index is 714. The summed E-state index contributed by atoms with van der Waals surface area (Å²) in [4.78, 5) is 20.4. The van der Waals surface area contributed by atoms with Crippen molar-refractivity contribution in [2.75, 3.05) is 27.2 Å². The zero-order valence-electron chi connectivity index (χ0n) is 14.0. The Labute approximate surface area is 141 Å². The van der Waals surface area contributed by atoms with Crippen molar-refractivity contribution in [1.29, 1.82) is 0 Å². The van der Waals surface area contributed by atoms with Crippen LogP contribution in [0, 0.1) is 5.82 Å². The minimum atomic E-state index is -0.251. The number of carbonyl (C=O) groups is 1. The molecule has 3 rings (SSSR count). The number of hydrogen-bond acceptors (Lipinski definition) is 4. The molecule has 1 aliphatic rings. The zero-order chi connectivity index (χ0) is 17.1. The summed E-state index contributed by atoms with van der Waals surface area (Å²) in [6, 6.07) is 6.52. The van der Waals surface area contributed by atoms with Gasteiger partial charge in [-0.15, -0.1) is 0 Å². The second kappa shape index (κ2) is 7.13. The fraction of sp³-hybridized carbons (Fsp3) is 0.444. The van der Waals surface area contributed by atoms with Crippen LogP contribution in [0.3, 0.4) is 0 Å². The quantitative estimate of drug-likeness (QED) is 0.845. The molecule has 0 radical (unpaired) electrons. The Kier molecular flexibility index (Phi) is 4.94. The molecule has 5 nitrogen and oxygen atoms in total. The van der Waals surface area contributed by atoms with Crippen LogP contribution in [0.2, 0.25) is 0 Å². The number of benzene rings is 1. The van der Waals surface area contributed by atoms with Gasteiger partial charge in [0, 0.05) is 13.0 Å². The molecule has 128 valence electrons. The number of likely N-dealkylation sites (N-methyl/N-ethyl adjacent to an activating group) is 1. The van der Waals surface area contributed by atoms with Gasteiger partial charge < -0.3 is 14.2 Å². The minimum Gasteiger partial charge on any atom is -0.443 e. The van der Waals surface area contributed by atoms with Crippen molar-refractivity contribution >= 4 is 5.91 Å². The molecule has 0 aliphatic carbocycles. The van der Waals surface area contributed by atoms with Crippen LogP contribution in [0.15, 0.2) is 34.9 Å². The molecule has 1 saturated heterocycles. The molecule has 1 aromatic carbocycles. The van der Waals surface area contributed by atoms with E-state index in [2.05, 4.69) is 4.98 Å². The van der Waals surface area contributed by atoms with Gasteiger partial charge in [-0.1, -0.05) is 18.2 Å². The maximum absolute atomic E-state index is 13.8. The van der Waals surface area contributed by atoms with Crippen LogP contribution in [0.1, 0.15) is 36.1 Å². The van der Waals surface area contributed by atoms with Crippen LogP contribution in [0.4, 0.5) is 4.39 Å². The molecule has 6 heteroatoms. The topological polar surface area (TPSA) is 49.6 Å². The summed E-state index contributed by atoms with van der Waals surface area (Å²) >= 11 is 0. The van der Waals surface area contributed by atoms with Crippen molar-refractivity contribution < 1.29 is 13.6 Å². The van der Waals surface area contributed by atoms with Crippen LogP contribution >= 0.6 is 0 Å². The third-order valence-corrected chi connectivity index (χ3v) is 4.20. The monoisotopic (exact) mass is 331 g/mol. The number of amides is 1. The molecule has 0 N–H and O–H groups in total. The van der Waals surface area contributed by atoms with Crippen LogP contribution in [-0.2, 0) is 11.2 Å². The molecular formula is C18H22FN3O2. The van der Waals surface area contributed by atoms with Crippen LogP contribution in [0.25, 0.3) is 0 Å². The molecule has 1 fully saturated rings. The third kappa shape index (κ3) is 3.64. The van der Waals surface area contributed by atoms with Crippen molar-refractivity contribution in [3.63, 3.8) is 0 Å². The lowest BCUT2D eigenvalue weighted by Crippen LogP contribution is -2.37. The summed E-state index contributed by atoms with van der Waals surface area (Å²) in [5.74, 6) is 0.989. The molecular weight excluding hydrogens is 309 g/mol. The first-order valence-electron chi connectivity index (χ1n) is 8.17. The number of aromatic nitrogens is 1. The summed E-state index contributed by atoms with van der Waals surface area (Å²) in [6.45, 7) is 1.10. The van der Waals surface area contributed by atoms with Crippen LogP contribution in [-0.4, -0.2) is 47.9 Å². The number of halogens is 1. The Morgan fingerprint density at radius 3 is 2.96 bits per heavy atom. The molecule has 0 saturated carbocycles. The Morgan fingerprint density at radius 1 is 1.42 bits per heavy atom. The van der Waals surface area contributed by atoms with Gasteiger partial charge in [-0.3, -0.25) is 4.79 Å². The Morgan fingerprint density at radius 2 is 2.21 bits per heavy atom. The highest BCUT2D eigenvalue weighted by atomic mass is 19.1. The van der Waals surface area contributed by atoms with E-state index in [1.807, 2.05) is 23.9 Å². The van der Waals surface area contributed by atoms with Gasteiger partial charge in [-0.2, -0.15) is 0 Å². The molecule has 1 atom stereocenters. The van der Waals surface area contributed by atoms with E-state index in [-0.39, 0.29) is 17.8 Å². The highest BCUT2D eigenvalue weighted by Gasteiger charge is 2.33. The first kappa shape index (κ1) is 16.6. The molecule has 2 heterocycles. The van der Waals surface area contributed by atoms with Crippen molar-refractivity contribution in [3.8, 4) is 0 Å². The van der Waals surface area contributed by atoms with E-state index in [9.17, 15) is 9.18 Å². The molecule has 0 unspecified atom stereocenters.